The number of aliphatic hydroxyl groups is 1. The van der Waals surface area contributed by atoms with Crippen LogP contribution in [-0.4, -0.2) is 54.5 Å². The Morgan fingerprint density at radius 2 is 1.85 bits per heavy atom. The molecule has 0 saturated carbocycles. The van der Waals surface area contributed by atoms with E-state index in [0.29, 0.717) is 12.3 Å². The summed E-state index contributed by atoms with van der Waals surface area (Å²) in [6, 6.07) is 6.50. The van der Waals surface area contributed by atoms with Gasteiger partial charge in [-0.15, -0.1) is 0 Å². The van der Waals surface area contributed by atoms with E-state index in [1.807, 2.05) is 0 Å². The summed E-state index contributed by atoms with van der Waals surface area (Å²) in [6.07, 6.45) is -6.15. The summed E-state index contributed by atoms with van der Waals surface area (Å²) in [5.41, 5.74) is -1.00. The van der Waals surface area contributed by atoms with Crippen LogP contribution >= 0.6 is 11.6 Å². The van der Waals surface area contributed by atoms with E-state index < -0.39 is 35.9 Å². The minimum Gasteiger partial charge on any atom is -0.481 e. The molecule has 0 radical (unpaired) electrons. The summed E-state index contributed by atoms with van der Waals surface area (Å²) < 4.78 is 53.6. The van der Waals surface area contributed by atoms with E-state index in [1.165, 1.54) is 31.2 Å². The van der Waals surface area contributed by atoms with Crippen molar-refractivity contribution in [3.05, 3.63) is 47.1 Å². The Morgan fingerprint density at radius 3 is 2.39 bits per heavy atom. The molecule has 0 fully saturated rings. The predicted octanol–water partition coefficient (Wildman–Crippen LogP) is 2.51. The van der Waals surface area contributed by atoms with Crippen molar-refractivity contribution in [2.24, 2.45) is 0 Å². The van der Waals surface area contributed by atoms with Crippen LogP contribution in [0.25, 0.3) is 0 Å². The molecule has 1 heterocycles. The van der Waals surface area contributed by atoms with E-state index in [2.05, 4.69) is 20.4 Å². The first-order chi connectivity index (χ1) is 15.5. The van der Waals surface area contributed by atoms with Gasteiger partial charge < -0.3 is 24.6 Å². The molecule has 13 heteroatoms. The van der Waals surface area contributed by atoms with Gasteiger partial charge in [0.2, 0.25) is 5.88 Å². The third-order valence-corrected chi connectivity index (χ3v) is 4.31. The second-order valence-electron chi connectivity index (χ2n) is 6.48. The summed E-state index contributed by atoms with van der Waals surface area (Å²) in [4.78, 5) is 27.6. The molecule has 3 N–H and O–H groups in total. The summed E-state index contributed by atoms with van der Waals surface area (Å²) in [5.74, 6) is -1.10. The number of benzene rings is 1. The lowest BCUT2D eigenvalue weighted by molar-refractivity contribution is -0.147. The molecule has 0 aliphatic carbocycles. The third kappa shape index (κ3) is 7.77. The van der Waals surface area contributed by atoms with E-state index in [4.69, 9.17) is 26.2 Å². The van der Waals surface area contributed by atoms with E-state index >= 15 is 0 Å². The van der Waals surface area contributed by atoms with Crippen LogP contribution in [0.15, 0.2) is 36.5 Å². The quantitative estimate of drug-likeness (QED) is 0.343. The van der Waals surface area contributed by atoms with Crippen molar-refractivity contribution in [1.29, 1.82) is 0 Å². The molecule has 1 aromatic carbocycles. The maximum Gasteiger partial charge on any atom is 0.417 e. The van der Waals surface area contributed by atoms with Crippen molar-refractivity contribution in [1.82, 2.24) is 15.6 Å². The van der Waals surface area contributed by atoms with Gasteiger partial charge in [-0.1, -0.05) is 11.6 Å². The summed E-state index contributed by atoms with van der Waals surface area (Å²) >= 11 is 5.82. The molecular formula is C20H21ClF3N3O6. The van der Waals surface area contributed by atoms with Crippen LogP contribution in [0, 0.1) is 0 Å². The number of ether oxygens (including phenoxy) is 3. The van der Waals surface area contributed by atoms with E-state index in [1.54, 1.807) is 0 Å². The fourth-order valence-corrected chi connectivity index (χ4v) is 2.60. The zero-order chi connectivity index (χ0) is 24.6. The number of pyridine rings is 1. The monoisotopic (exact) mass is 491 g/mol. The molecule has 33 heavy (non-hydrogen) atoms. The smallest absolute Gasteiger partial charge is 0.417 e. The molecule has 0 bridgehead atoms. The van der Waals surface area contributed by atoms with Crippen LogP contribution in [0.4, 0.5) is 13.2 Å². The maximum atomic E-state index is 12.7. The molecule has 2 rings (SSSR count). The molecule has 0 spiro atoms. The molecule has 1 amide bonds. The molecule has 2 atom stereocenters. The van der Waals surface area contributed by atoms with E-state index in [9.17, 15) is 22.8 Å². The van der Waals surface area contributed by atoms with Crippen molar-refractivity contribution < 1.29 is 42.1 Å². The molecule has 2 aromatic rings. The summed E-state index contributed by atoms with van der Waals surface area (Å²) in [6.45, 7) is 1.25. The van der Waals surface area contributed by atoms with Gasteiger partial charge in [0.1, 0.15) is 16.5 Å². The van der Waals surface area contributed by atoms with Gasteiger partial charge in [-0.25, -0.2) is 9.78 Å². The lowest BCUT2D eigenvalue weighted by atomic mass is 10.3. The van der Waals surface area contributed by atoms with Crippen molar-refractivity contribution >= 4 is 23.5 Å². The normalized spacial score (nSPS) is 13.1. The number of aliphatic hydroxyl groups excluding tert-OH is 1. The number of hydrogen-bond donors (Lipinski definition) is 3. The largest absolute Gasteiger partial charge is 0.481 e. The van der Waals surface area contributed by atoms with Crippen LogP contribution < -0.4 is 20.1 Å². The number of alkyl halides is 3. The first kappa shape index (κ1) is 26.2. The van der Waals surface area contributed by atoms with Crippen molar-refractivity contribution in [2.45, 2.75) is 25.4 Å². The highest BCUT2D eigenvalue weighted by Crippen LogP contribution is 2.34. The molecule has 0 aliphatic rings. The standard InChI is InChI=1S/C20H21ClF3N3O6/c1-11(17(29)27-16(19(30)31-2)25-7-8-28)32-13-3-5-14(6-4-13)33-18-15(21)9-12(10-26-18)20(22,23)24/h3-6,9-11,16,25,28H,7-8H2,1-2H3,(H,27,29). The lowest BCUT2D eigenvalue weighted by Gasteiger charge is -2.20. The Hall–Kier alpha value is -3.09. The highest BCUT2D eigenvalue weighted by molar-refractivity contribution is 6.31. The van der Waals surface area contributed by atoms with Crippen LogP contribution in [-0.2, 0) is 20.5 Å². The number of carbonyl (C=O) groups is 2. The fourth-order valence-electron chi connectivity index (χ4n) is 2.39. The van der Waals surface area contributed by atoms with Gasteiger partial charge in [-0.2, -0.15) is 13.2 Å². The maximum absolute atomic E-state index is 12.7. The second-order valence-corrected chi connectivity index (χ2v) is 6.89. The molecule has 1 aromatic heterocycles. The first-order valence-corrected chi connectivity index (χ1v) is 9.82. The number of rotatable bonds is 10. The predicted molar refractivity (Wildman–Crippen MR) is 110 cm³/mol. The van der Waals surface area contributed by atoms with Crippen molar-refractivity contribution in [3.63, 3.8) is 0 Å². The second kappa shape index (κ2) is 11.7. The average molecular weight is 492 g/mol. The Labute approximate surface area is 191 Å². The summed E-state index contributed by atoms with van der Waals surface area (Å²) in [5, 5.41) is 13.6. The van der Waals surface area contributed by atoms with Crippen molar-refractivity contribution in [2.75, 3.05) is 20.3 Å². The van der Waals surface area contributed by atoms with Gasteiger partial charge in [0.15, 0.2) is 12.3 Å². The van der Waals surface area contributed by atoms with Crippen LogP contribution in [0.1, 0.15) is 12.5 Å². The highest BCUT2D eigenvalue weighted by Gasteiger charge is 2.32. The number of halogens is 4. The minimum atomic E-state index is -4.58. The van der Waals surface area contributed by atoms with Crippen LogP contribution in [0.2, 0.25) is 5.02 Å². The Morgan fingerprint density at radius 1 is 1.21 bits per heavy atom. The topological polar surface area (TPSA) is 119 Å². The molecule has 180 valence electrons. The number of amides is 1. The molecule has 0 saturated heterocycles. The minimum absolute atomic E-state index is 0.0502. The van der Waals surface area contributed by atoms with Gasteiger partial charge in [0, 0.05) is 12.7 Å². The van der Waals surface area contributed by atoms with Gasteiger partial charge in [0.05, 0.1) is 19.3 Å². The average Bonchev–Trinajstić information content (AvgIpc) is 2.77. The number of nitrogens with zero attached hydrogens (tertiary/aromatic N) is 1. The third-order valence-electron chi connectivity index (χ3n) is 4.04. The fraction of sp³-hybridized carbons (Fsp3) is 0.350. The number of carbonyl (C=O) groups excluding carboxylic acids is 2. The lowest BCUT2D eigenvalue weighted by Crippen LogP contribution is -2.54. The van der Waals surface area contributed by atoms with E-state index in [-0.39, 0.29) is 35.6 Å². The zero-order valence-corrected chi connectivity index (χ0v) is 18.2. The van der Waals surface area contributed by atoms with Gasteiger partial charge in [0.25, 0.3) is 5.91 Å². The Balaban J connectivity index is 1.98. The zero-order valence-electron chi connectivity index (χ0n) is 17.5. The van der Waals surface area contributed by atoms with Gasteiger partial charge >= 0.3 is 12.1 Å². The Kier molecular flexibility index (Phi) is 9.26. The van der Waals surface area contributed by atoms with Gasteiger partial charge in [-0.3, -0.25) is 10.1 Å². The molecule has 9 nitrogen and oxygen atoms in total. The SMILES string of the molecule is COC(=O)C(NCCO)NC(=O)C(C)Oc1ccc(Oc2ncc(C(F)(F)F)cc2Cl)cc1. The number of esters is 1. The number of aromatic nitrogens is 1. The number of methoxy groups -OCH3 is 1. The molecule has 0 aliphatic heterocycles. The summed E-state index contributed by atoms with van der Waals surface area (Å²) in [7, 11) is 1.15. The van der Waals surface area contributed by atoms with Gasteiger partial charge in [-0.05, 0) is 37.3 Å². The number of hydrogen-bond acceptors (Lipinski definition) is 8. The molecular weight excluding hydrogens is 471 g/mol. The van der Waals surface area contributed by atoms with Crippen molar-refractivity contribution in [3.8, 4) is 17.4 Å². The number of nitrogens with one attached hydrogen (secondary N) is 2. The van der Waals surface area contributed by atoms with E-state index in [0.717, 1.165) is 7.11 Å². The highest BCUT2D eigenvalue weighted by atomic mass is 35.5. The molecule has 2 unspecified atom stereocenters. The van der Waals surface area contributed by atoms with Crippen LogP contribution in [0.5, 0.6) is 17.4 Å². The van der Waals surface area contributed by atoms with Crippen LogP contribution in [0.3, 0.4) is 0 Å². The Bertz CT molecular complexity index is 959. The first-order valence-electron chi connectivity index (χ1n) is 9.45.